The molecule has 0 aliphatic rings. The van der Waals surface area contributed by atoms with Gasteiger partial charge in [-0.15, -0.1) is 0 Å². The lowest BCUT2D eigenvalue weighted by atomic mass is 10.1. The number of amides is 1. The van der Waals surface area contributed by atoms with E-state index in [4.69, 9.17) is 0 Å². The predicted octanol–water partition coefficient (Wildman–Crippen LogP) is 7.29. The van der Waals surface area contributed by atoms with Crippen LogP contribution in [0.25, 0.3) is 0 Å². The number of aromatic hydroxyl groups is 2. The van der Waals surface area contributed by atoms with Crippen molar-refractivity contribution >= 4 is 5.91 Å². The monoisotopic (exact) mass is 453 g/mol. The number of carbonyl (C=O) groups excluding carboxylic acids is 1. The summed E-state index contributed by atoms with van der Waals surface area (Å²) in [5.74, 6) is -0.223. The van der Waals surface area contributed by atoms with Crippen molar-refractivity contribution in [1.29, 1.82) is 0 Å². The Morgan fingerprint density at radius 1 is 0.848 bits per heavy atom. The number of carbonyl (C=O) groups is 1. The summed E-state index contributed by atoms with van der Waals surface area (Å²) >= 11 is 0. The maximum Gasteiger partial charge on any atom is 0.220 e. The van der Waals surface area contributed by atoms with E-state index in [0.29, 0.717) is 12.8 Å². The standard InChI is InChI=1S/C29H43NO3/c1-3-4-5-6-7-8-9-10-11-12-13-14-15-16-17-18-19-20-29(33)30-25(2)23-26-21-22-27(31)28(32)24-26/h7-8,10-11,13-14,16-17,21-22,24-25,31-32H,3-6,9,12,15,18-20,23H2,1-2H3,(H,30,33)/b8-7+,11-10-,14-13-,17-16+. The van der Waals surface area contributed by atoms with Crippen molar-refractivity contribution in [3.05, 3.63) is 72.4 Å². The maximum atomic E-state index is 12.1. The van der Waals surface area contributed by atoms with Crippen LogP contribution in [0, 0.1) is 0 Å². The first-order chi connectivity index (χ1) is 16.0. The average Bonchev–Trinajstić information content (AvgIpc) is 2.78. The fraction of sp³-hybridized carbons (Fsp3) is 0.483. The molecule has 1 atom stereocenters. The Balaban J connectivity index is 2.04. The Hall–Kier alpha value is -2.75. The smallest absolute Gasteiger partial charge is 0.220 e. The van der Waals surface area contributed by atoms with E-state index < -0.39 is 0 Å². The topological polar surface area (TPSA) is 69.6 Å². The normalized spacial score (nSPS) is 13.0. The van der Waals surface area contributed by atoms with E-state index in [-0.39, 0.29) is 23.4 Å². The zero-order valence-electron chi connectivity index (χ0n) is 20.5. The molecule has 0 saturated carbocycles. The molecule has 0 spiro atoms. The van der Waals surface area contributed by atoms with Crippen LogP contribution in [0.1, 0.15) is 83.6 Å². The highest BCUT2D eigenvalue weighted by molar-refractivity contribution is 5.76. The minimum absolute atomic E-state index is 0.0296. The summed E-state index contributed by atoms with van der Waals surface area (Å²) < 4.78 is 0. The molecule has 1 unspecified atom stereocenters. The molecule has 0 heterocycles. The third-order valence-corrected chi connectivity index (χ3v) is 5.22. The first kappa shape index (κ1) is 28.3. The van der Waals surface area contributed by atoms with Crippen molar-refractivity contribution in [2.75, 3.05) is 0 Å². The van der Waals surface area contributed by atoms with Crippen LogP contribution in [0.5, 0.6) is 11.5 Å². The number of hydrogen-bond acceptors (Lipinski definition) is 3. The van der Waals surface area contributed by atoms with Gasteiger partial charge in [0.1, 0.15) is 0 Å². The van der Waals surface area contributed by atoms with Gasteiger partial charge in [-0.05, 0) is 76.0 Å². The first-order valence-corrected chi connectivity index (χ1v) is 12.4. The fourth-order valence-electron chi connectivity index (χ4n) is 3.39. The van der Waals surface area contributed by atoms with Crippen molar-refractivity contribution < 1.29 is 15.0 Å². The van der Waals surface area contributed by atoms with Gasteiger partial charge in [-0.25, -0.2) is 0 Å². The number of phenols is 2. The van der Waals surface area contributed by atoms with Crippen LogP contribution in [0.3, 0.4) is 0 Å². The van der Waals surface area contributed by atoms with E-state index in [1.807, 2.05) is 6.92 Å². The number of hydrogen-bond donors (Lipinski definition) is 3. The van der Waals surface area contributed by atoms with E-state index in [9.17, 15) is 15.0 Å². The molecule has 0 bridgehead atoms. The van der Waals surface area contributed by atoms with Gasteiger partial charge in [0.15, 0.2) is 11.5 Å². The van der Waals surface area contributed by atoms with Crippen LogP contribution in [-0.2, 0) is 11.2 Å². The van der Waals surface area contributed by atoms with Crippen molar-refractivity contribution in [1.82, 2.24) is 5.32 Å². The lowest BCUT2D eigenvalue weighted by Crippen LogP contribution is -2.33. The molecule has 33 heavy (non-hydrogen) atoms. The van der Waals surface area contributed by atoms with Crippen molar-refractivity contribution in [2.45, 2.75) is 90.5 Å². The summed E-state index contributed by atoms with van der Waals surface area (Å²) in [4.78, 5) is 12.1. The van der Waals surface area contributed by atoms with Crippen LogP contribution in [0.4, 0.5) is 0 Å². The maximum absolute atomic E-state index is 12.1. The minimum atomic E-state index is -0.134. The Bertz CT molecular complexity index is 777. The molecule has 1 aromatic carbocycles. The summed E-state index contributed by atoms with van der Waals surface area (Å²) in [6.07, 6.45) is 28.5. The van der Waals surface area contributed by atoms with Gasteiger partial charge < -0.3 is 15.5 Å². The predicted molar refractivity (Wildman–Crippen MR) is 139 cm³/mol. The second kappa shape index (κ2) is 18.8. The summed E-state index contributed by atoms with van der Waals surface area (Å²) in [7, 11) is 0. The van der Waals surface area contributed by atoms with Gasteiger partial charge in [0.2, 0.25) is 5.91 Å². The molecule has 1 rings (SSSR count). The lowest BCUT2D eigenvalue weighted by molar-refractivity contribution is -0.121. The van der Waals surface area contributed by atoms with Crippen molar-refractivity contribution in [2.24, 2.45) is 0 Å². The van der Waals surface area contributed by atoms with Gasteiger partial charge in [-0.3, -0.25) is 4.79 Å². The number of allylic oxidation sites excluding steroid dienone is 8. The largest absolute Gasteiger partial charge is 0.504 e. The number of unbranched alkanes of at least 4 members (excludes halogenated alkanes) is 4. The third-order valence-electron chi connectivity index (χ3n) is 5.22. The quantitative estimate of drug-likeness (QED) is 0.132. The van der Waals surface area contributed by atoms with Crippen molar-refractivity contribution in [3.8, 4) is 11.5 Å². The van der Waals surface area contributed by atoms with Gasteiger partial charge in [-0.1, -0.05) is 74.4 Å². The van der Waals surface area contributed by atoms with Gasteiger partial charge in [0, 0.05) is 12.5 Å². The number of rotatable bonds is 17. The number of benzene rings is 1. The second-order valence-electron chi connectivity index (χ2n) is 8.48. The zero-order chi connectivity index (χ0) is 24.2. The van der Waals surface area contributed by atoms with Gasteiger partial charge >= 0.3 is 0 Å². The number of phenolic OH excluding ortho intramolecular Hbond substituents is 2. The Kier molecular flexibility index (Phi) is 16.1. The highest BCUT2D eigenvalue weighted by atomic mass is 16.3. The van der Waals surface area contributed by atoms with E-state index in [2.05, 4.69) is 60.8 Å². The molecule has 0 aliphatic carbocycles. The van der Waals surface area contributed by atoms with Crippen LogP contribution >= 0.6 is 0 Å². The molecule has 0 fully saturated rings. The second-order valence-corrected chi connectivity index (χ2v) is 8.48. The highest BCUT2D eigenvalue weighted by Gasteiger charge is 2.09. The molecule has 1 aromatic rings. The SMILES string of the molecule is CCCCC/C=C/C/C=C\C/C=C\C/C=C/CCCC(=O)NC(C)Cc1ccc(O)c(O)c1. The molecular weight excluding hydrogens is 410 g/mol. The average molecular weight is 454 g/mol. The molecule has 4 nitrogen and oxygen atoms in total. The zero-order valence-corrected chi connectivity index (χ0v) is 20.5. The summed E-state index contributed by atoms with van der Waals surface area (Å²) in [5, 5.41) is 21.9. The van der Waals surface area contributed by atoms with Crippen molar-refractivity contribution in [3.63, 3.8) is 0 Å². The molecule has 0 aromatic heterocycles. The Morgan fingerprint density at radius 2 is 1.42 bits per heavy atom. The molecule has 3 N–H and O–H groups in total. The summed E-state index contributed by atoms with van der Waals surface area (Å²) in [6.45, 7) is 4.17. The van der Waals surface area contributed by atoms with E-state index in [1.54, 1.807) is 6.07 Å². The Labute approximate surface area is 200 Å². The van der Waals surface area contributed by atoms with E-state index in [0.717, 1.165) is 37.7 Å². The molecule has 182 valence electrons. The fourth-order valence-corrected chi connectivity index (χ4v) is 3.39. The van der Waals surface area contributed by atoms with E-state index >= 15 is 0 Å². The summed E-state index contributed by atoms with van der Waals surface area (Å²) in [5.41, 5.74) is 0.874. The molecular formula is C29H43NO3. The number of nitrogens with one attached hydrogen (secondary N) is 1. The molecule has 4 heteroatoms. The highest BCUT2D eigenvalue weighted by Crippen LogP contribution is 2.25. The van der Waals surface area contributed by atoms with E-state index in [1.165, 1.54) is 37.8 Å². The summed E-state index contributed by atoms with van der Waals surface area (Å²) in [6, 6.07) is 4.72. The minimum Gasteiger partial charge on any atom is -0.504 e. The molecule has 0 saturated heterocycles. The van der Waals surface area contributed by atoms with Gasteiger partial charge in [0.25, 0.3) is 0 Å². The molecule has 1 amide bonds. The lowest BCUT2D eigenvalue weighted by Gasteiger charge is -2.14. The van der Waals surface area contributed by atoms with Crippen LogP contribution in [0.2, 0.25) is 0 Å². The molecule has 0 aliphatic heterocycles. The Morgan fingerprint density at radius 3 is 2.00 bits per heavy atom. The third kappa shape index (κ3) is 15.7. The molecule has 0 radical (unpaired) electrons. The van der Waals surface area contributed by atoms with Crippen LogP contribution in [0.15, 0.2) is 66.8 Å². The van der Waals surface area contributed by atoms with Gasteiger partial charge in [0.05, 0.1) is 0 Å². The van der Waals surface area contributed by atoms with Crippen LogP contribution in [-0.4, -0.2) is 22.2 Å². The first-order valence-electron chi connectivity index (χ1n) is 12.4. The van der Waals surface area contributed by atoms with Gasteiger partial charge in [-0.2, -0.15) is 0 Å². The van der Waals surface area contributed by atoms with Crippen LogP contribution < -0.4 is 5.32 Å².